The van der Waals surface area contributed by atoms with Crippen LogP contribution in [0.1, 0.15) is 46.5 Å². The number of hydrogen-bond donors (Lipinski definition) is 1. The predicted octanol–water partition coefficient (Wildman–Crippen LogP) is 2.50. The van der Waals surface area contributed by atoms with Gasteiger partial charge in [-0.2, -0.15) is 0 Å². The van der Waals surface area contributed by atoms with Crippen LogP contribution in [0.2, 0.25) is 0 Å². The average molecular weight is 224 g/mol. The van der Waals surface area contributed by atoms with Crippen molar-refractivity contribution in [2.75, 3.05) is 26.2 Å². The van der Waals surface area contributed by atoms with Gasteiger partial charge < -0.3 is 5.32 Å². The molecule has 0 aromatic heterocycles. The van der Waals surface area contributed by atoms with Gasteiger partial charge >= 0.3 is 0 Å². The van der Waals surface area contributed by atoms with E-state index >= 15 is 0 Å². The van der Waals surface area contributed by atoms with Gasteiger partial charge in [-0.05, 0) is 50.1 Å². The van der Waals surface area contributed by atoms with E-state index in [1.54, 1.807) is 0 Å². The molecule has 1 saturated carbocycles. The Morgan fingerprint density at radius 1 is 1.25 bits per heavy atom. The first kappa shape index (κ1) is 12.4. The van der Waals surface area contributed by atoms with Crippen LogP contribution < -0.4 is 5.32 Å². The molecule has 16 heavy (non-hydrogen) atoms. The lowest BCUT2D eigenvalue weighted by Crippen LogP contribution is -2.44. The van der Waals surface area contributed by atoms with Gasteiger partial charge in [0.05, 0.1) is 0 Å². The standard InChI is InChI=1S/C14H28N2/c1-12(2)10-16(13-4-5-13)11-14(3)6-8-15-9-7-14/h12-13,15H,4-11H2,1-3H3. The number of piperidine rings is 1. The molecule has 1 aliphatic carbocycles. The van der Waals surface area contributed by atoms with Gasteiger partial charge in [-0.1, -0.05) is 20.8 Å². The van der Waals surface area contributed by atoms with Gasteiger partial charge in [-0.3, -0.25) is 4.90 Å². The molecule has 0 bridgehead atoms. The summed E-state index contributed by atoms with van der Waals surface area (Å²) in [4.78, 5) is 2.77. The largest absolute Gasteiger partial charge is 0.317 e. The van der Waals surface area contributed by atoms with Gasteiger partial charge in [0, 0.05) is 19.1 Å². The maximum atomic E-state index is 3.48. The molecule has 1 aliphatic heterocycles. The predicted molar refractivity (Wildman–Crippen MR) is 69.6 cm³/mol. The van der Waals surface area contributed by atoms with Gasteiger partial charge in [-0.15, -0.1) is 0 Å². The highest BCUT2D eigenvalue weighted by molar-refractivity contribution is 4.90. The van der Waals surface area contributed by atoms with E-state index in [9.17, 15) is 0 Å². The third-order valence-electron chi connectivity index (χ3n) is 4.06. The molecule has 0 spiro atoms. The van der Waals surface area contributed by atoms with Crippen molar-refractivity contribution in [1.82, 2.24) is 10.2 Å². The van der Waals surface area contributed by atoms with E-state index in [1.165, 1.54) is 51.9 Å². The normalized spacial score (nSPS) is 25.3. The molecule has 0 amide bonds. The third kappa shape index (κ3) is 3.46. The van der Waals surface area contributed by atoms with Gasteiger partial charge in [0.2, 0.25) is 0 Å². The van der Waals surface area contributed by atoms with Crippen molar-refractivity contribution in [3.05, 3.63) is 0 Å². The van der Waals surface area contributed by atoms with Crippen molar-refractivity contribution < 1.29 is 0 Å². The molecule has 0 radical (unpaired) electrons. The van der Waals surface area contributed by atoms with Crippen LogP contribution in [0.3, 0.4) is 0 Å². The van der Waals surface area contributed by atoms with Crippen LogP contribution in [0.5, 0.6) is 0 Å². The van der Waals surface area contributed by atoms with Crippen LogP contribution in [0.4, 0.5) is 0 Å². The Hall–Kier alpha value is -0.0800. The lowest BCUT2D eigenvalue weighted by molar-refractivity contribution is 0.112. The fraction of sp³-hybridized carbons (Fsp3) is 1.00. The average Bonchev–Trinajstić information content (AvgIpc) is 2.99. The lowest BCUT2D eigenvalue weighted by atomic mass is 9.80. The second-order valence-corrected chi connectivity index (χ2v) is 6.62. The SMILES string of the molecule is CC(C)CN(CC1(C)CCNCC1)C1CC1. The second kappa shape index (κ2) is 5.05. The van der Waals surface area contributed by atoms with Crippen LogP contribution >= 0.6 is 0 Å². The molecule has 0 atom stereocenters. The molecule has 0 unspecified atom stereocenters. The highest BCUT2D eigenvalue weighted by atomic mass is 15.2. The first-order valence-electron chi connectivity index (χ1n) is 7.04. The third-order valence-corrected chi connectivity index (χ3v) is 4.06. The lowest BCUT2D eigenvalue weighted by Gasteiger charge is -2.39. The summed E-state index contributed by atoms with van der Waals surface area (Å²) in [6.45, 7) is 12.3. The fourth-order valence-electron chi connectivity index (χ4n) is 2.93. The van der Waals surface area contributed by atoms with Crippen molar-refractivity contribution in [3.8, 4) is 0 Å². The second-order valence-electron chi connectivity index (χ2n) is 6.62. The van der Waals surface area contributed by atoms with Gasteiger partial charge in [0.25, 0.3) is 0 Å². The summed E-state index contributed by atoms with van der Waals surface area (Å²) in [5, 5.41) is 3.48. The number of nitrogens with one attached hydrogen (secondary N) is 1. The summed E-state index contributed by atoms with van der Waals surface area (Å²) in [5.74, 6) is 0.811. The zero-order valence-electron chi connectivity index (χ0n) is 11.3. The monoisotopic (exact) mass is 224 g/mol. The first-order chi connectivity index (χ1) is 7.59. The summed E-state index contributed by atoms with van der Waals surface area (Å²) in [7, 11) is 0. The van der Waals surface area contributed by atoms with E-state index in [4.69, 9.17) is 0 Å². The smallest absolute Gasteiger partial charge is 0.00967 e. The minimum absolute atomic E-state index is 0.572. The molecule has 2 rings (SSSR count). The Morgan fingerprint density at radius 3 is 2.38 bits per heavy atom. The molecule has 2 fully saturated rings. The van der Waals surface area contributed by atoms with Crippen molar-refractivity contribution >= 4 is 0 Å². The van der Waals surface area contributed by atoms with Crippen LogP contribution in [-0.4, -0.2) is 37.1 Å². The van der Waals surface area contributed by atoms with Gasteiger partial charge in [0.1, 0.15) is 0 Å². The Labute approximate surface area is 101 Å². The van der Waals surface area contributed by atoms with Crippen LogP contribution in [0, 0.1) is 11.3 Å². The summed E-state index contributed by atoms with van der Waals surface area (Å²) in [5.41, 5.74) is 0.572. The molecule has 1 saturated heterocycles. The Kier molecular flexibility index (Phi) is 3.91. The van der Waals surface area contributed by atoms with Gasteiger partial charge in [-0.25, -0.2) is 0 Å². The topological polar surface area (TPSA) is 15.3 Å². The van der Waals surface area contributed by atoms with Crippen molar-refractivity contribution in [2.24, 2.45) is 11.3 Å². The maximum absolute atomic E-state index is 3.48. The molecule has 0 aromatic carbocycles. The Morgan fingerprint density at radius 2 is 1.88 bits per heavy atom. The van der Waals surface area contributed by atoms with E-state index in [0.717, 1.165) is 12.0 Å². The molecule has 1 heterocycles. The molecular weight excluding hydrogens is 196 g/mol. The molecule has 2 heteroatoms. The van der Waals surface area contributed by atoms with Crippen molar-refractivity contribution in [3.63, 3.8) is 0 Å². The molecule has 2 nitrogen and oxygen atoms in total. The quantitative estimate of drug-likeness (QED) is 0.772. The minimum atomic E-state index is 0.572. The number of hydrogen-bond acceptors (Lipinski definition) is 2. The van der Waals surface area contributed by atoms with Crippen LogP contribution in [0.25, 0.3) is 0 Å². The van der Waals surface area contributed by atoms with Crippen LogP contribution in [0.15, 0.2) is 0 Å². The first-order valence-corrected chi connectivity index (χ1v) is 7.04. The number of nitrogens with zero attached hydrogens (tertiary/aromatic N) is 1. The van der Waals surface area contributed by atoms with Crippen LogP contribution in [-0.2, 0) is 0 Å². The maximum Gasteiger partial charge on any atom is 0.00967 e. The highest BCUT2D eigenvalue weighted by Crippen LogP contribution is 2.34. The Balaban J connectivity index is 1.88. The van der Waals surface area contributed by atoms with Crippen molar-refractivity contribution in [2.45, 2.75) is 52.5 Å². The van der Waals surface area contributed by atoms with E-state index in [1.807, 2.05) is 0 Å². The molecule has 2 aliphatic rings. The molecule has 94 valence electrons. The van der Waals surface area contributed by atoms with E-state index in [-0.39, 0.29) is 0 Å². The summed E-state index contributed by atoms with van der Waals surface area (Å²) in [6, 6.07) is 0.925. The molecule has 0 aromatic rings. The molecule has 1 N–H and O–H groups in total. The molecular formula is C14H28N2. The highest BCUT2D eigenvalue weighted by Gasteiger charge is 2.35. The summed E-state index contributed by atoms with van der Waals surface area (Å²) >= 11 is 0. The number of rotatable bonds is 5. The zero-order chi connectivity index (χ0) is 11.6. The summed E-state index contributed by atoms with van der Waals surface area (Å²) in [6.07, 6.45) is 5.60. The van der Waals surface area contributed by atoms with Gasteiger partial charge in [0.15, 0.2) is 0 Å². The zero-order valence-corrected chi connectivity index (χ0v) is 11.3. The minimum Gasteiger partial charge on any atom is -0.317 e. The Bertz CT molecular complexity index is 215. The van der Waals surface area contributed by atoms with Crippen molar-refractivity contribution in [1.29, 1.82) is 0 Å². The van der Waals surface area contributed by atoms with E-state index in [0.29, 0.717) is 5.41 Å². The van der Waals surface area contributed by atoms with E-state index < -0.39 is 0 Å². The summed E-state index contributed by atoms with van der Waals surface area (Å²) < 4.78 is 0. The van der Waals surface area contributed by atoms with E-state index in [2.05, 4.69) is 31.0 Å². The fourth-order valence-corrected chi connectivity index (χ4v) is 2.93.